The van der Waals surface area contributed by atoms with Crippen molar-refractivity contribution in [2.24, 2.45) is 5.92 Å². The highest BCUT2D eigenvalue weighted by Gasteiger charge is 2.36. The highest BCUT2D eigenvalue weighted by molar-refractivity contribution is 6.05. The van der Waals surface area contributed by atoms with Gasteiger partial charge in [-0.1, -0.05) is 0 Å². The van der Waals surface area contributed by atoms with Crippen molar-refractivity contribution in [1.82, 2.24) is 0 Å². The van der Waals surface area contributed by atoms with Gasteiger partial charge in [-0.2, -0.15) is 0 Å². The van der Waals surface area contributed by atoms with E-state index < -0.39 is 23.8 Å². The number of nitrogens with zero attached hydrogens (tertiary/aromatic N) is 1. The third-order valence-electron chi connectivity index (χ3n) is 2.98. The van der Waals surface area contributed by atoms with Gasteiger partial charge in [-0.15, -0.1) is 0 Å². The van der Waals surface area contributed by atoms with Gasteiger partial charge in [0.2, 0.25) is 5.91 Å². The molecule has 1 aromatic carbocycles. The standard InChI is InChI=1S/C12H11NO6/c14-7-1-2-9(8(4-7)12(18)19)13-5-6(11(16)17)3-10(13)15/h1-2,4,6,14H,3,5H2,(H,16,17)(H,18,19). The minimum absolute atomic E-state index is 0.0702. The van der Waals surface area contributed by atoms with E-state index in [4.69, 9.17) is 10.2 Å². The van der Waals surface area contributed by atoms with E-state index in [1.165, 1.54) is 12.1 Å². The van der Waals surface area contributed by atoms with Gasteiger partial charge in [0.05, 0.1) is 17.2 Å². The number of aromatic carboxylic acids is 1. The molecule has 3 N–H and O–H groups in total. The van der Waals surface area contributed by atoms with Gasteiger partial charge < -0.3 is 20.2 Å². The first-order chi connectivity index (χ1) is 8.90. The number of rotatable bonds is 3. The number of amides is 1. The van der Waals surface area contributed by atoms with Gasteiger partial charge in [0, 0.05) is 13.0 Å². The van der Waals surface area contributed by atoms with Crippen LogP contribution in [0.1, 0.15) is 16.8 Å². The Bertz CT molecular complexity index is 567. The number of hydrogen-bond acceptors (Lipinski definition) is 4. The summed E-state index contributed by atoms with van der Waals surface area (Å²) in [5.74, 6) is -3.91. The Morgan fingerprint density at radius 3 is 2.47 bits per heavy atom. The van der Waals surface area contributed by atoms with Crippen molar-refractivity contribution in [2.75, 3.05) is 11.4 Å². The number of carbonyl (C=O) groups is 3. The summed E-state index contributed by atoms with van der Waals surface area (Å²) in [6.45, 7) is -0.0702. The maximum atomic E-state index is 11.8. The van der Waals surface area contributed by atoms with Crippen LogP contribution in [0.4, 0.5) is 5.69 Å². The summed E-state index contributed by atoms with van der Waals surface area (Å²) in [7, 11) is 0. The van der Waals surface area contributed by atoms with E-state index in [0.29, 0.717) is 0 Å². The zero-order chi connectivity index (χ0) is 14.2. The molecule has 0 radical (unpaired) electrons. The summed E-state index contributed by atoms with van der Waals surface area (Å²) < 4.78 is 0. The molecule has 0 bridgehead atoms. The Morgan fingerprint density at radius 2 is 1.95 bits per heavy atom. The molecule has 1 fully saturated rings. The van der Waals surface area contributed by atoms with E-state index >= 15 is 0 Å². The molecule has 0 aromatic heterocycles. The fourth-order valence-corrected chi connectivity index (χ4v) is 2.04. The Morgan fingerprint density at radius 1 is 1.26 bits per heavy atom. The smallest absolute Gasteiger partial charge is 0.337 e. The van der Waals surface area contributed by atoms with E-state index in [0.717, 1.165) is 11.0 Å². The van der Waals surface area contributed by atoms with Crippen LogP contribution in [0.3, 0.4) is 0 Å². The first-order valence-electron chi connectivity index (χ1n) is 5.49. The maximum absolute atomic E-state index is 11.8. The zero-order valence-electron chi connectivity index (χ0n) is 9.74. The Hall–Kier alpha value is -2.57. The maximum Gasteiger partial charge on any atom is 0.337 e. The Kier molecular flexibility index (Phi) is 3.12. The largest absolute Gasteiger partial charge is 0.508 e. The summed E-state index contributed by atoms with van der Waals surface area (Å²) in [5, 5.41) is 27.2. The lowest BCUT2D eigenvalue weighted by Gasteiger charge is -2.18. The quantitative estimate of drug-likeness (QED) is 0.734. The van der Waals surface area contributed by atoms with Crippen molar-refractivity contribution in [3.05, 3.63) is 23.8 Å². The molecular weight excluding hydrogens is 254 g/mol. The molecule has 19 heavy (non-hydrogen) atoms. The number of carboxylic acids is 2. The van der Waals surface area contributed by atoms with Crippen molar-refractivity contribution in [3.8, 4) is 5.75 Å². The van der Waals surface area contributed by atoms with Crippen LogP contribution in [0.2, 0.25) is 0 Å². The fraction of sp³-hybridized carbons (Fsp3) is 0.250. The molecule has 2 rings (SSSR count). The van der Waals surface area contributed by atoms with E-state index in [1.54, 1.807) is 0 Å². The van der Waals surface area contributed by atoms with Gasteiger partial charge in [0.25, 0.3) is 0 Å². The summed E-state index contributed by atoms with van der Waals surface area (Å²) in [6, 6.07) is 3.57. The number of aromatic hydroxyl groups is 1. The highest BCUT2D eigenvalue weighted by Crippen LogP contribution is 2.30. The topological polar surface area (TPSA) is 115 Å². The lowest BCUT2D eigenvalue weighted by molar-refractivity contribution is -0.141. The molecule has 1 amide bonds. The second-order valence-corrected chi connectivity index (χ2v) is 4.25. The number of hydrogen-bond donors (Lipinski definition) is 3. The van der Waals surface area contributed by atoms with E-state index in [9.17, 15) is 19.5 Å². The predicted molar refractivity (Wildman–Crippen MR) is 63.2 cm³/mol. The zero-order valence-corrected chi connectivity index (χ0v) is 9.74. The predicted octanol–water partition coefficient (Wildman–Crippen LogP) is 0.528. The van der Waals surface area contributed by atoms with Crippen molar-refractivity contribution in [2.45, 2.75) is 6.42 Å². The molecule has 1 aliphatic heterocycles. The van der Waals surface area contributed by atoms with E-state index in [2.05, 4.69) is 0 Å². The van der Waals surface area contributed by atoms with Crippen LogP contribution < -0.4 is 4.90 Å². The molecule has 7 nitrogen and oxygen atoms in total. The van der Waals surface area contributed by atoms with Gasteiger partial charge in [-0.05, 0) is 18.2 Å². The van der Waals surface area contributed by atoms with Crippen LogP contribution in [0.5, 0.6) is 5.75 Å². The monoisotopic (exact) mass is 265 g/mol. The SMILES string of the molecule is O=C(O)c1cc(O)ccc1N1CC(C(=O)O)CC1=O. The van der Waals surface area contributed by atoms with Crippen molar-refractivity contribution in [3.63, 3.8) is 0 Å². The van der Waals surface area contributed by atoms with Crippen LogP contribution in [0.25, 0.3) is 0 Å². The first-order valence-corrected chi connectivity index (χ1v) is 5.49. The molecule has 1 heterocycles. The molecule has 1 aliphatic rings. The first kappa shape index (κ1) is 12.9. The average molecular weight is 265 g/mol. The molecule has 1 aromatic rings. The van der Waals surface area contributed by atoms with Crippen LogP contribution in [0.15, 0.2) is 18.2 Å². The molecule has 0 aliphatic carbocycles. The van der Waals surface area contributed by atoms with Gasteiger partial charge in [0.15, 0.2) is 0 Å². The van der Waals surface area contributed by atoms with E-state index in [1.807, 2.05) is 0 Å². The Balaban J connectivity index is 2.40. The van der Waals surface area contributed by atoms with Crippen LogP contribution in [-0.2, 0) is 9.59 Å². The van der Waals surface area contributed by atoms with Gasteiger partial charge >= 0.3 is 11.9 Å². The lowest BCUT2D eigenvalue weighted by atomic mass is 10.1. The second kappa shape index (κ2) is 4.60. The number of anilines is 1. The number of phenolic OH excluding ortho intramolecular Hbond substituents is 1. The third-order valence-corrected chi connectivity index (χ3v) is 2.98. The van der Waals surface area contributed by atoms with Crippen LogP contribution in [0, 0.1) is 5.92 Å². The van der Waals surface area contributed by atoms with Gasteiger partial charge in [-0.3, -0.25) is 9.59 Å². The van der Waals surface area contributed by atoms with Crippen LogP contribution in [-0.4, -0.2) is 39.7 Å². The highest BCUT2D eigenvalue weighted by atomic mass is 16.4. The normalized spacial score (nSPS) is 18.6. The van der Waals surface area contributed by atoms with Crippen molar-refractivity contribution in [1.29, 1.82) is 0 Å². The number of carboxylic acid groups (broad SMARTS) is 2. The van der Waals surface area contributed by atoms with Crippen molar-refractivity contribution < 1.29 is 29.7 Å². The fourth-order valence-electron chi connectivity index (χ4n) is 2.04. The van der Waals surface area contributed by atoms with Gasteiger partial charge in [-0.25, -0.2) is 4.79 Å². The number of phenols is 1. The summed E-state index contributed by atoms with van der Waals surface area (Å²) in [5.41, 5.74) is -0.140. The summed E-state index contributed by atoms with van der Waals surface area (Å²) in [4.78, 5) is 34.8. The summed E-state index contributed by atoms with van der Waals surface area (Å²) in [6.07, 6.45) is -0.157. The molecule has 7 heteroatoms. The molecule has 0 saturated carbocycles. The molecule has 1 saturated heterocycles. The number of benzene rings is 1. The van der Waals surface area contributed by atoms with Crippen LogP contribution >= 0.6 is 0 Å². The van der Waals surface area contributed by atoms with Gasteiger partial charge in [0.1, 0.15) is 5.75 Å². The number of aliphatic carboxylic acids is 1. The molecule has 0 spiro atoms. The minimum Gasteiger partial charge on any atom is -0.508 e. The minimum atomic E-state index is -1.29. The third kappa shape index (κ3) is 2.35. The molecule has 1 unspecified atom stereocenters. The number of carbonyl (C=O) groups excluding carboxylic acids is 1. The summed E-state index contributed by atoms with van der Waals surface area (Å²) >= 11 is 0. The molecular formula is C12H11NO6. The lowest BCUT2D eigenvalue weighted by Crippen LogP contribution is -2.27. The van der Waals surface area contributed by atoms with E-state index in [-0.39, 0.29) is 30.0 Å². The second-order valence-electron chi connectivity index (χ2n) is 4.25. The average Bonchev–Trinajstić information content (AvgIpc) is 2.71. The van der Waals surface area contributed by atoms with Crippen molar-refractivity contribution >= 4 is 23.5 Å². The molecule has 1 atom stereocenters. The molecule has 100 valence electrons. The Labute approximate surface area is 107 Å².